The number of fused-ring (bicyclic) bond motifs is 2. The lowest BCUT2D eigenvalue weighted by Crippen LogP contribution is -2.38. The summed E-state index contributed by atoms with van der Waals surface area (Å²) < 4.78 is 11.5. The van der Waals surface area contributed by atoms with Crippen molar-refractivity contribution in [3.8, 4) is 5.75 Å². The SMILES string of the molecule is O=C(Nc1ccc(OCCN2CCOCC2)c2ccccc12)c1cccc2ccccc12. The summed E-state index contributed by atoms with van der Waals surface area (Å²) in [5.74, 6) is 0.713. The summed E-state index contributed by atoms with van der Waals surface area (Å²) in [7, 11) is 0. The minimum absolute atomic E-state index is 0.118. The van der Waals surface area contributed by atoms with Crippen LogP contribution in [0.4, 0.5) is 5.69 Å². The Hall–Kier alpha value is -3.41. The van der Waals surface area contributed by atoms with Gasteiger partial charge in [-0.25, -0.2) is 0 Å². The van der Waals surface area contributed by atoms with Crippen molar-refractivity contribution in [1.82, 2.24) is 4.90 Å². The molecule has 0 atom stereocenters. The van der Waals surface area contributed by atoms with Crippen LogP contribution in [-0.4, -0.2) is 50.3 Å². The third-order valence-electron chi connectivity index (χ3n) is 5.94. The second-order valence-electron chi connectivity index (χ2n) is 7.94. The van der Waals surface area contributed by atoms with Crippen molar-refractivity contribution >= 4 is 33.1 Å². The fourth-order valence-electron chi connectivity index (χ4n) is 4.23. The van der Waals surface area contributed by atoms with Crippen LogP contribution >= 0.6 is 0 Å². The first-order valence-electron chi connectivity index (χ1n) is 11.0. The molecule has 0 unspecified atom stereocenters. The van der Waals surface area contributed by atoms with Crippen LogP contribution in [0.5, 0.6) is 5.75 Å². The van der Waals surface area contributed by atoms with E-state index in [0.717, 1.165) is 65.8 Å². The van der Waals surface area contributed by atoms with Gasteiger partial charge in [-0.3, -0.25) is 9.69 Å². The fraction of sp³-hybridized carbons (Fsp3) is 0.222. The van der Waals surface area contributed by atoms with Crippen LogP contribution in [-0.2, 0) is 4.74 Å². The molecule has 5 heteroatoms. The van der Waals surface area contributed by atoms with Crippen molar-refractivity contribution in [2.45, 2.75) is 0 Å². The summed E-state index contributed by atoms with van der Waals surface area (Å²) in [5, 5.41) is 7.06. The zero-order chi connectivity index (χ0) is 21.8. The summed E-state index contributed by atoms with van der Waals surface area (Å²) in [6.07, 6.45) is 0. The van der Waals surface area contributed by atoms with E-state index >= 15 is 0 Å². The molecule has 0 aliphatic carbocycles. The first-order chi connectivity index (χ1) is 15.8. The van der Waals surface area contributed by atoms with Crippen molar-refractivity contribution in [3.63, 3.8) is 0 Å². The molecule has 0 radical (unpaired) electrons. The van der Waals surface area contributed by atoms with E-state index in [4.69, 9.17) is 9.47 Å². The maximum Gasteiger partial charge on any atom is 0.256 e. The summed E-state index contributed by atoms with van der Waals surface area (Å²) >= 11 is 0. The van der Waals surface area contributed by atoms with Crippen molar-refractivity contribution in [2.24, 2.45) is 0 Å². The molecule has 32 heavy (non-hydrogen) atoms. The monoisotopic (exact) mass is 426 g/mol. The first kappa shape index (κ1) is 20.5. The maximum atomic E-state index is 13.1. The number of carbonyl (C=O) groups is 1. The van der Waals surface area contributed by atoms with Gasteiger partial charge in [-0.05, 0) is 29.0 Å². The molecule has 1 saturated heterocycles. The average molecular weight is 427 g/mol. The molecule has 0 saturated carbocycles. The van der Waals surface area contributed by atoms with E-state index in [1.165, 1.54) is 0 Å². The third-order valence-corrected chi connectivity index (χ3v) is 5.94. The quantitative estimate of drug-likeness (QED) is 0.474. The molecule has 5 nitrogen and oxygen atoms in total. The van der Waals surface area contributed by atoms with Crippen molar-refractivity contribution in [1.29, 1.82) is 0 Å². The van der Waals surface area contributed by atoms with E-state index in [1.54, 1.807) is 0 Å². The van der Waals surface area contributed by atoms with Gasteiger partial charge in [0.1, 0.15) is 12.4 Å². The second kappa shape index (κ2) is 9.39. The fourth-order valence-corrected chi connectivity index (χ4v) is 4.23. The number of anilines is 1. The van der Waals surface area contributed by atoms with E-state index in [9.17, 15) is 4.79 Å². The average Bonchev–Trinajstić information content (AvgIpc) is 2.85. The van der Waals surface area contributed by atoms with Crippen LogP contribution in [0, 0.1) is 0 Å². The minimum atomic E-state index is -0.118. The van der Waals surface area contributed by atoms with Gasteiger partial charge in [0.2, 0.25) is 0 Å². The van der Waals surface area contributed by atoms with Crippen molar-refractivity contribution in [2.75, 3.05) is 44.8 Å². The number of hydrogen-bond donors (Lipinski definition) is 1. The van der Waals surface area contributed by atoms with Gasteiger partial charge in [-0.15, -0.1) is 0 Å². The topological polar surface area (TPSA) is 50.8 Å². The molecule has 0 aromatic heterocycles. The molecular formula is C27H26N2O3. The summed E-state index contributed by atoms with van der Waals surface area (Å²) in [5.41, 5.74) is 1.44. The van der Waals surface area contributed by atoms with Gasteiger partial charge in [-0.2, -0.15) is 0 Å². The summed E-state index contributed by atoms with van der Waals surface area (Å²) in [4.78, 5) is 15.5. The van der Waals surface area contributed by atoms with Crippen LogP contribution in [0.25, 0.3) is 21.5 Å². The Bertz CT molecular complexity index is 1240. The van der Waals surface area contributed by atoms with E-state index in [1.807, 2.05) is 78.9 Å². The first-order valence-corrected chi connectivity index (χ1v) is 11.0. The molecule has 1 N–H and O–H groups in total. The molecule has 0 bridgehead atoms. The number of nitrogens with zero attached hydrogens (tertiary/aromatic N) is 1. The molecule has 1 aliphatic rings. The molecule has 4 aromatic carbocycles. The number of morpholine rings is 1. The Morgan fingerprint density at radius 1 is 0.844 bits per heavy atom. The van der Waals surface area contributed by atoms with Crippen molar-refractivity contribution in [3.05, 3.63) is 84.4 Å². The molecule has 1 aliphatic heterocycles. The molecule has 162 valence electrons. The lowest BCUT2D eigenvalue weighted by atomic mass is 10.0. The molecule has 1 amide bonds. The number of amides is 1. The molecule has 1 heterocycles. The third kappa shape index (κ3) is 4.31. The molecule has 5 rings (SSSR count). The Labute approximate surface area is 187 Å². The lowest BCUT2D eigenvalue weighted by molar-refractivity contribution is 0.0323. The number of ether oxygens (including phenoxy) is 2. The smallest absolute Gasteiger partial charge is 0.256 e. The summed E-state index contributed by atoms with van der Waals surface area (Å²) in [6.45, 7) is 4.96. The van der Waals surface area contributed by atoms with Gasteiger partial charge in [0, 0.05) is 41.7 Å². The highest BCUT2D eigenvalue weighted by Crippen LogP contribution is 2.32. The predicted molar refractivity (Wildman–Crippen MR) is 129 cm³/mol. The Morgan fingerprint density at radius 3 is 2.41 bits per heavy atom. The van der Waals surface area contributed by atoms with Gasteiger partial charge in [0.05, 0.1) is 13.2 Å². The van der Waals surface area contributed by atoms with Gasteiger partial charge in [0.25, 0.3) is 5.91 Å². The van der Waals surface area contributed by atoms with E-state index < -0.39 is 0 Å². The van der Waals surface area contributed by atoms with Gasteiger partial charge in [-0.1, -0.05) is 60.7 Å². The van der Waals surface area contributed by atoms with E-state index in [0.29, 0.717) is 12.2 Å². The summed E-state index contributed by atoms with van der Waals surface area (Å²) in [6, 6.07) is 25.6. The number of rotatable bonds is 6. The van der Waals surface area contributed by atoms with Crippen LogP contribution in [0.15, 0.2) is 78.9 Å². The minimum Gasteiger partial charge on any atom is -0.492 e. The Morgan fingerprint density at radius 2 is 1.56 bits per heavy atom. The highest BCUT2D eigenvalue weighted by molar-refractivity contribution is 6.15. The lowest BCUT2D eigenvalue weighted by Gasteiger charge is -2.26. The maximum absolute atomic E-state index is 13.1. The van der Waals surface area contributed by atoms with Crippen LogP contribution in [0.2, 0.25) is 0 Å². The van der Waals surface area contributed by atoms with E-state index in [-0.39, 0.29) is 5.91 Å². The van der Waals surface area contributed by atoms with Crippen molar-refractivity contribution < 1.29 is 14.3 Å². The van der Waals surface area contributed by atoms with Gasteiger partial charge < -0.3 is 14.8 Å². The highest BCUT2D eigenvalue weighted by Gasteiger charge is 2.14. The number of carbonyl (C=O) groups excluding carboxylic acids is 1. The highest BCUT2D eigenvalue weighted by atomic mass is 16.5. The Kier molecular flexibility index (Phi) is 6.01. The largest absolute Gasteiger partial charge is 0.492 e. The van der Waals surface area contributed by atoms with Crippen LogP contribution in [0.1, 0.15) is 10.4 Å². The second-order valence-corrected chi connectivity index (χ2v) is 7.94. The molecule has 1 fully saturated rings. The molecule has 4 aromatic rings. The van der Waals surface area contributed by atoms with E-state index in [2.05, 4.69) is 10.2 Å². The number of hydrogen-bond acceptors (Lipinski definition) is 4. The zero-order valence-corrected chi connectivity index (χ0v) is 17.9. The number of benzene rings is 4. The van der Waals surface area contributed by atoms with Gasteiger partial charge >= 0.3 is 0 Å². The Balaban J connectivity index is 1.36. The molecular weight excluding hydrogens is 400 g/mol. The standard InChI is InChI=1S/C27H26N2O3/c30-27(24-11-5-7-20-6-1-2-8-21(20)24)28-25-12-13-26(23-10-4-3-9-22(23)25)32-19-16-29-14-17-31-18-15-29/h1-13H,14-19H2,(H,28,30). The zero-order valence-electron chi connectivity index (χ0n) is 17.9. The normalized spacial score (nSPS) is 14.5. The number of nitrogens with one attached hydrogen (secondary N) is 1. The van der Waals surface area contributed by atoms with Crippen LogP contribution in [0.3, 0.4) is 0 Å². The van der Waals surface area contributed by atoms with Gasteiger partial charge in [0.15, 0.2) is 0 Å². The predicted octanol–water partition coefficient (Wildman–Crippen LogP) is 4.96. The van der Waals surface area contributed by atoms with Crippen LogP contribution < -0.4 is 10.1 Å². The molecule has 0 spiro atoms.